The Kier molecular flexibility index (Phi) is 4.55. The first-order valence-corrected chi connectivity index (χ1v) is 7.80. The van der Waals surface area contributed by atoms with Crippen molar-refractivity contribution in [3.05, 3.63) is 17.7 Å². The van der Waals surface area contributed by atoms with Gasteiger partial charge in [0.25, 0.3) is 0 Å². The molecule has 1 aromatic heterocycles. The molecule has 6 heteroatoms. The molecule has 0 N–H and O–H groups in total. The zero-order valence-corrected chi connectivity index (χ0v) is 12.8. The Hall–Kier alpha value is -1.40. The van der Waals surface area contributed by atoms with Gasteiger partial charge in [-0.25, -0.2) is 4.98 Å². The number of nitrogens with zero attached hydrogens (tertiary/aromatic N) is 4. The molecule has 1 saturated heterocycles. The molecule has 1 amide bonds. The Balaban J connectivity index is 1.60. The van der Waals surface area contributed by atoms with Gasteiger partial charge in [0.2, 0.25) is 5.91 Å². The predicted molar refractivity (Wildman–Crippen MR) is 78.6 cm³/mol. The number of fused-ring (bicyclic) bond motifs is 1. The summed E-state index contributed by atoms with van der Waals surface area (Å²) >= 11 is 0. The SMILES string of the molecule is COCCC(=O)N1CCn2cc(CN3CCCC3)nc2C1. The Morgan fingerprint density at radius 3 is 2.86 bits per heavy atom. The van der Waals surface area contributed by atoms with Gasteiger partial charge in [0.05, 0.1) is 25.3 Å². The average Bonchev–Trinajstić information content (AvgIpc) is 3.13. The van der Waals surface area contributed by atoms with E-state index in [0.717, 1.165) is 31.2 Å². The molecule has 2 aliphatic rings. The fourth-order valence-corrected chi connectivity index (χ4v) is 3.12. The highest BCUT2D eigenvalue weighted by Crippen LogP contribution is 2.17. The van der Waals surface area contributed by atoms with Gasteiger partial charge in [0.1, 0.15) is 5.82 Å². The number of ether oxygens (including phenoxy) is 1. The van der Waals surface area contributed by atoms with Crippen LogP contribution in [0.2, 0.25) is 0 Å². The molecule has 0 atom stereocenters. The molecule has 1 aromatic rings. The van der Waals surface area contributed by atoms with Gasteiger partial charge in [-0.3, -0.25) is 9.69 Å². The van der Waals surface area contributed by atoms with Gasteiger partial charge in [-0.2, -0.15) is 0 Å². The van der Waals surface area contributed by atoms with Crippen molar-refractivity contribution in [2.45, 2.75) is 38.9 Å². The Morgan fingerprint density at radius 1 is 1.29 bits per heavy atom. The standard InChI is InChI=1S/C15H24N4O2/c1-21-9-4-15(20)19-8-7-18-11-13(16-14(18)12-19)10-17-5-2-3-6-17/h11H,2-10,12H2,1H3. The van der Waals surface area contributed by atoms with Crippen LogP contribution >= 0.6 is 0 Å². The summed E-state index contributed by atoms with van der Waals surface area (Å²) in [6.07, 6.45) is 5.22. The first-order valence-electron chi connectivity index (χ1n) is 7.80. The third-order valence-electron chi connectivity index (χ3n) is 4.31. The van der Waals surface area contributed by atoms with E-state index in [2.05, 4.69) is 15.7 Å². The number of likely N-dealkylation sites (tertiary alicyclic amines) is 1. The highest BCUT2D eigenvalue weighted by atomic mass is 16.5. The van der Waals surface area contributed by atoms with Gasteiger partial charge in [-0.05, 0) is 25.9 Å². The van der Waals surface area contributed by atoms with Crippen molar-refractivity contribution in [1.29, 1.82) is 0 Å². The molecule has 0 bridgehead atoms. The van der Waals surface area contributed by atoms with Crippen LogP contribution in [0.4, 0.5) is 0 Å². The van der Waals surface area contributed by atoms with Crippen LogP contribution in [0.25, 0.3) is 0 Å². The number of aromatic nitrogens is 2. The fourth-order valence-electron chi connectivity index (χ4n) is 3.12. The second-order valence-corrected chi connectivity index (χ2v) is 5.88. The quantitative estimate of drug-likeness (QED) is 0.807. The Morgan fingerprint density at radius 2 is 2.10 bits per heavy atom. The lowest BCUT2D eigenvalue weighted by molar-refractivity contribution is -0.133. The summed E-state index contributed by atoms with van der Waals surface area (Å²) < 4.78 is 7.18. The van der Waals surface area contributed by atoms with Crippen LogP contribution in [0, 0.1) is 0 Å². The van der Waals surface area contributed by atoms with Gasteiger partial charge in [0, 0.05) is 32.9 Å². The topological polar surface area (TPSA) is 50.6 Å². The summed E-state index contributed by atoms with van der Waals surface area (Å²) in [4.78, 5) is 21.1. The van der Waals surface area contributed by atoms with Crippen LogP contribution in [-0.2, 0) is 29.2 Å². The van der Waals surface area contributed by atoms with Gasteiger partial charge in [-0.15, -0.1) is 0 Å². The number of imidazole rings is 1. The lowest BCUT2D eigenvalue weighted by Gasteiger charge is -2.27. The normalized spacial score (nSPS) is 19.0. The average molecular weight is 292 g/mol. The molecule has 0 aromatic carbocycles. The third kappa shape index (κ3) is 3.44. The van der Waals surface area contributed by atoms with Gasteiger partial charge in [0.15, 0.2) is 0 Å². The number of carbonyl (C=O) groups is 1. The monoisotopic (exact) mass is 292 g/mol. The van der Waals surface area contributed by atoms with E-state index in [1.807, 2.05) is 4.90 Å². The van der Waals surface area contributed by atoms with Gasteiger partial charge in [-0.1, -0.05) is 0 Å². The van der Waals surface area contributed by atoms with E-state index >= 15 is 0 Å². The van der Waals surface area contributed by atoms with Crippen LogP contribution < -0.4 is 0 Å². The molecule has 0 aliphatic carbocycles. The summed E-state index contributed by atoms with van der Waals surface area (Å²) in [5.41, 5.74) is 1.14. The molecule has 3 heterocycles. The molecule has 116 valence electrons. The van der Waals surface area contributed by atoms with Crippen molar-refractivity contribution >= 4 is 5.91 Å². The molecule has 1 fully saturated rings. The summed E-state index contributed by atoms with van der Waals surface area (Å²) in [6.45, 7) is 6.05. The molecule has 2 aliphatic heterocycles. The highest BCUT2D eigenvalue weighted by molar-refractivity contribution is 5.76. The van der Waals surface area contributed by atoms with Crippen LogP contribution in [0.5, 0.6) is 0 Å². The molecule has 21 heavy (non-hydrogen) atoms. The molecule has 0 spiro atoms. The van der Waals surface area contributed by atoms with Crippen LogP contribution in [0.1, 0.15) is 30.8 Å². The third-order valence-corrected chi connectivity index (χ3v) is 4.31. The van der Waals surface area contributed by atoms with E-state index in [0.29, 0.717) is 19.6 Å². The molecular formula is C15H24N4O2. The summed E-state index contributed by atoms with van der Waals surface area (Å²) in [5.74, 6) is 1.17. The van der Waals surface area contributed by atoms with Gasteiger partial charge >= 0.3 is 0 Å². The summed E-state index contributed by atoms with van der Waals surface area (Å²) in [5, 5.41) is 0. The Labute approximate surface area is 125 Å². The van der Waals surface area contributed by atoms with E-state index in [1.165, 1.54) is 25.9 Å². The second-order valence-electron chi connectivity index (χ2n) is 5.88. The molecule has 0 saturated carbocycles. The lowest BCUT2D eigenvalue weighted by Crippen LogP contribution is -2.38. The molecule has 3 rings (SSSR count). The zero-order chi connectivity index (χ0) is 14.7. The molecular weight excluding hydrogens is 268 g/mol. The maximum Gasteiger partial charge on any atom is 0.225 e. The lowest BCUT2D eigenvalue weighted by atomic mass is 10.3. The zero-order valence-electron chi connectivity index (χ0n) is 12.8. The van der Waals surface area contributed by atoms with Crippen molar-refractivity contribution in [1.82, 2.24) is 19.4 Å². The summed E-state index contributed by atoms with van der Waals surface area (Å²) in [7, 11) is 1.63. The molecule has 0 unspecified atom stereocenters. The van der Waals surface area contributed by atoms with Crippen molar-refractivity contribution in [3.8, 4) is 0 Å². The van der Waals surface area contributed by atoms with Crippen molar-refractivity contribution in [2.24, 2.45) is 0 Å². The van der Waals surface area contributed by atoms with Crippen LogP contribution in [-0.4, -0.2) is 58.6 Å². The largest absolute Gasteiger partial charge is 0.384 e. The number of rotatable bonds is 5. The first-order chi connectivity index (χ1) is 10.3. The van der Waals surface area contributed by atoms with E-state index in [4.69, 9.17) is 9.72 Å². The summed E-state index contributed by atoms with van der Waals surface area (Å²) in [6, 6.07) is 0. The Bertz CT molecular complexity index is 494. The van der Waals surface area contributed by atoms with E-state index in [1.54, 1.807) is 7.11 Å². The number of amides is 1. The molecule has 6 nitrogen and oxygen atoms in total. The number of hydrogen-bond acceptors (Lipinski definition) is 4. The number of methoxy groups -OCH3 is 1. The van der Waals surface area contributed by atoms with Gasteiger partial charge < -0.3 is 14.2 Å². The first kappa shape index (κ1) is 14.5. The van der Waals surface area contributed by atoms with E-state index < -0.39 is 0 Å². The minimum atomic E-state index is 0.159. The number of carbonyl (C=O) groups excluding carboxylic acids is 1. The van der Waals surface area contributed by atoms with Crippen LogP contribution in [0.3, 0.4) is 0 Å². The smallest absolute Gasteiger partial charge is 0.225 e. The maximum absolute atomic E-state index is 12.1. The minimum absolute atomic E-state index is 0.159. The molecule has 0 radical (unpaired) electrons. The fraction of sp³-hybridized carbons (Fsp3) is 0.733. The van der Waals surface area contributed by atoms with Crippen LogP contribution in [0.15, 0.2) is 6.20 Å². The van der Waals surface area contributed by atoms with E-state index in [9.17, 15) is 4.79 Å². The minimum Gasteiger partial charge on any atom is -0.384 e. The van der Waals surface area contributed by atoms with Crippen molar-refractivity contribution in [2.75, 3.05) is 33.4 Å². The predicted octanol–water partition coefficient (Wildman–Crippen LogP) is 0.858. The number of hydrogen-bond donors (Lipinski definition) is 0. The maximum atomic E-state index is 12.1. The van der Waals surface area contributed by atoms with Crippen molar-refractivity contribution in [3.63, 3.8) is 0 Å². The second kappa shape index (κ2) is 6.58. The van der Waals surface area contributed by atoms with Crippen molar-refractivity contribution < 1.29 is 9.53 Å². The van der Waals surface area contributed by atoms with E-state index in [-0.39, 0.29) is 5.91 Å². The highest BCUT2D eigenvalue weighted by Gasteiger charge is 2.23.